The maximum absolute atomic E-state index is 13.5. The molecular formula is C28H38F3NO2S. The van der Waals surface area contributed by atoms with Gasteiger partial charge in [-0.2, -0.15) is 13.2 Å². The number of anilines is 1. The van der Waals surface area contributed by atoms with Crippen LogP contribution in [0.5, 0.6) is 5.75 Å². The molecule has 0 saturated heterocycles. The first-order valence-electron chi connectivity index (χ1n) is 12.7. The Morgan fingerprint density at radius 1 is 0.914 bits per heavy atom. The van der Waals surface area contributed by atoms with Crippen molar-refractivity contribution in [3.63, 3.8) is 0 Å². The third-order valence-corrected chi connectivity index (χ3v) is 6.04. The van der Waals surface area contributed by atoms with Gasteiger partial charge in [0.2, 0.25) is 0 Å². The van der Waals surface area contributed by atoms with Crippen LogP contribution >= 0.6 is 12.2 Å². The molecule has 3 nitrogen and oxygen atoms in total. The number of thiocarbonyl (C=S) groups is 1. The van der Waals surface area contributed by atoms with E-state index in [0.29, 0.717) is 34.9 Å². The van der Waals surface area contributed by atoms with Gasteiger partial charge in [-0.1, -0.05) is 95.3 Å². The van der Waals surface area contributed by atoms with Crippen LogP contribution in [0.1, 0.15) is 82.8 Å². The van der Waals surface area contributed by atoms with E-state index >= 15 is 0 Å². The zero-order chi connectivity index (χ0) is 25.5. The molecule has 2 aromatic carbocycles. The highest BCUT2D eigenvalue weighted by Crippen LogP contribution is 2.29. The van der Waals surface area contributed by atoms with Gasteiger partial charge in [0.15, 0.2) is 6.10 Å². The Morgan fingerprint density at radius 3 is 2.26 bits per heavy atom. The molecular weight excluding hydrogens is 471 g/mol. The maximum atomic E-state index is 13.5. The number of ether oxygens (including phenoxy) is 2. The quantitative estimate of drug-likeness (QED) is 0.181. The average Bonchev–Trinajstić information content (AvgIpc) is 2.83. The van der Waals surface area contributed by atoms with Crippen LogP contribution in [0.3, 0.4) is 0 Å². The highest BCUT2D eigenvalue weighted by molar-refractivity contribution is 7.81. The van der Waals surface area contributed by atoms with Gasteiger partial charge in [0.05, 0.1) is 18.8 Å². The van der Waals surface area contributed by atoms with Crippen LogP contribution in [-0.4, -0.2) is 23.9 Å². The molecule has 2 rings (SSSR count). The first-order valence-corrected chi connectivity index (χ1v) is 13.1. The van der Waals surface area contributed by atoms with E-state index in [1.165, 1.54) is 0 Å². The van der Waals surface area contributed by atoms with Crippen LogP contribution in [0, 0.1) is 0 Å². The lowest BCUT2D eigenvalue weighted by atomic mass is 10.1. The van der Waals surface area contributed by atoms with E-state index < -0.39 is 12.3 Å². The van der Waals surface area contributed by atoms with Crippen molar-refractivity contribution in [3.8, 4) is 5.75 Å². The summed E-state index contributed by atoms with van der Waals surface area (Å²) in [7, 11) is 0. The SMILES string of the molecule is CCCCCCOc1cc(COC(CCCCCC)C(F)(F)F)ccc1C(=S)Nc1ccccc1. The molecule has 35 heavy (non-hydrogen) atoms. The van der Waals surface area contributed by atoms with Crippen molar-refractivity contribution in [2.75, 3.05) is 11.9 Å². The fraction of sp³-hybridized carbons (Fsp3) is 0.536. The molecule has 0 spiro atoms. The predicted molar refractivity (Wildman–Crippen MR) is 141 cm³/mol. The van der Waals surface area contributed by atoms with E-state index in [4.69, 9.17) is 21.7 Å². The van der Waals surface area contributed by atoms with E-state index in [1.54, 1.807) is 18.2 Å². The van der Waals surface area contributed by atoms with Gasteiger partial charge in [-0.05, 0) is 42.7 Å². The summed E-state index contributed by atoms with van der Waals surface area (Å²) in [4.78, 5) is 0.497. The number of rotatable bonds is 16. The zero-order valence-electron chi connectivity index (χ0n) is 20.8. The van der Waals surface area contributed by atoms with Crippen molar-refractivity contribution < 1.29 is 22.6 Å². The van der Waals surface area contributed by atoms with Gasteiger partial charge in [0, 0.05) is 5.69 Å². The summed E-state index contributed by atoms with van der Waals surface area (Å²) in [6.07, 6.45) is 1.25. The normalized spacial score (nSPS) is 12.4. The Balaban J connectivity index is 2.11. The minimum absolute atomic E-state index is 0.0204. The minimum atomic E-state index is -4.38. The zero-order valence-corrected chi connectivity index (χ0v) is 21.6. The summed E-state index contributed by atoms with van der Waals surface area (Å²) < 4.78 is 51.8. The first kappa shape index (κ1) is 29.1. The molecule has 0 radical (unpaired) electrons. The van der Waals surface area contributed by atoms with Crippen molar-refractivity contribution in [2.24, 2.45) is 0 Å². The number of alkyl halides is 3. The summed E-state index contributed by atoms with van der Waals surface area (Å²) in [5.74, 6) is 0.558. The van der Waals surface area contributed by atoms with E-state index in [1.807, 2.05) is 37.3 Å². The lowest BCUT2D eigenvalue weighted by Gasteiger charge is -2.21. The monoisotopic (exact) mass is 509 g/mol. The number of hydrogen-bond donors (Lipinski definition) is 1. The second kappa shape index (κ2) is 15.8. The molecule has 0 aliphatic rings. The molecule has 1 N–H and O–H groups in total. The minimum Gasteiger partial charge on any atom is -0.493 e. The fourth-order valence-corrected chi connectivity index (χ4v) is 3.98. The van der Waals surface area contributed by atoms with Gasteiger partial charge in [0.25, 0.3) is 0 Å². The molecule has 0 heterocycles. The molecule has 0 aliphatic heterocycles. The number of benzene rings is 2. The molecule has 0 saturated carbocycles. The summed E-state index contributed by atoms with van der Waals surface area (Å²) in [5.41, 5.74) is 2.19. The predicted octanol–water partition coefficient (Wildman–Crippen LogP) is 8.85. The molecule has 0 aromatic heterocycles. The van der Waals surface area contributed by atoms with Crippen molar-refractivity contribution in [3.05, 3.63) is 59.7 Å². The standard InChI is InChI=1S/C28H38F3NO2S/c1-3-5-7-12-16-26(28(29,30)31)34-21-22-17-18-24(25(20-22)33-19-13-8-6-4-2)27(35)32-23-14-10-9-11-15-23/h9-11,14-15,17-18,20,26H,3-8,12-13,16,19,21H2,1-2H3,(H,32,35). The van der Waals surface area contributed by atoms with Crippen LogP contribution in [0.25, 0.3) is 0 Å². The maximum Gasteiger partial charge on any atom is 0.414 e. The number of nitrogens with one attached hydrogen (secondary N) is 1. The van der Waals surface area contributed by atoms with Crippen molar-refractivity contribution in [1.82, 2.24) is 0 Å². The second-order valence-electron chi connectivity index (χ2n) is 8.75. The topological polar surface area (TPSA) is 30.5 Å². The first-order chi connectivity index (χ1) is 16.8. The molecule has 0 bridgehead atoms. The van der Waals surface area contributed by atoms with Crippen LogP contribution in [-0.2, 0) is 11.3 Å². The Hall–Kier alpha value is -2.12. The molecule has 1 unspecified atom stereocenters. The van der Waals surface area contributed by atoms with Gasteiger partial charge in [-0.25, -0.2) is 0 Å². The number of unbranched alkanes of at least 4 members (excludes halogenated alkanes) is 6. The number of para-hydroxylation sites is 1. The lowest BCUT2D eigenvalue weighted by Crippen LogP contribution is -2.31. The average molecular weight is 510 g/mol. The van der Waals surface area contributed by atoms with Crippen LogP contribution in [0.4, 0.5) is 18.9 Å². The number of hydrogen-bond acceptors (Lipinski definition) is 3. The summed E-state index contributed by atoms with van der Waals surface area (Å²) in [6, 6.07) is 14.9. The van der Waals surface area contributed by atoms with Crippen LogP contribution in [0.2, 0.25) is 0 Å². The third-order valence-electron chi connectivity index (χ3n) is 5.71. The van der Waals surface area contributed by atoms with Crippen LogP contribution in [0.15, 0.2) is 48.5 Å². The molecule has 2 aromatic rings. The van der Waals surface area contributed by atoms with E-state index in [2.05, 4.69) is 12.2 Å². The Kier molecular flexibility index (Phi) is 13.1. The summed E-state index contributed by atoms with van der Waals surface area (Å²) >= 11 is 5.61. The molecule has 194 valence electrons. The van der Waals surface area contributed by atoms with Crippen molar-refractivity contribution in [1.29, 1.82) is 0 Å². The molecule has 0 aliphatic carbocycles. The molecule has 0 fully saturated rings. The van der Waals surface area contributed by atoms with Crippen molar-refractivity contribution >= 4 is 22.9 Å². The Labute approximate surface area is 213 Å². The van der Waals surface area contributed by atoms with Gasteiger partial charge in [-0.3, -0.25) is 0 Å². The summed E-state index contributed by atoms with van der Waals surface area (Å²) in [6.45, 7) is 4.57. The molecule has 7 heteroatoms. The van der Waals surface area contributed by atoms with Gasteiger partial charge in [0.1, 0.15) is 10.7 Å². The largest absolute Gasteiger partial charge is 0.493 e. The Bertz CT molecular complexity index is 874. The van der Waals surface area contributed by atoms with Gasteiger partial charge in [-0.15, -0.1) is 0 Å². The smallest absolute Gasteiger partial charge is 0.414 e. The van der Waals surface area contributed by atoms with E-state index in [0.717, 1.165) is 50.6 Å². The van der Waals surface area contributed by atoms with E-state index in [-0.39, 0.29) is 13.0 Å². The van der Waals surface area contributed by atoms with Crippen LogP contribution < -0.4 is 10.1 Å². The van der Waals surface area contributed by atoms with Gasteiger partial charge < -0.3 is 14.8 Å². The fourth-order valence-electron chi connectivity index (χ4n) is 3.69. The van der Waals surface area contributed by atoms with Crippen molar-refractivity contribution in [2.45, 2.75) is 90.5 Å². The van der Waals surface area contributed by atoms with E-state index in [9.17, 15) is 13.2 Å². The summed E-state index contributed by atoms with van der Waals surface area (Å²) in [5, 5.41) is 3.20. The van der Waals surface area contributed by atoms with Gasteiger partial charge >= 0.3 is 6.18 Å². The highest BCUT2D eigenvalue weighted by atomic mass is 32.1. The third kappa shape index (κ3) is 11.0. The molecule has 0 amide bonds. The molecule has 1 atom stereocenters. The number of halogens is 3. The highest BCUT2D eigenvalue weighted by Gasteiger charge is 2.40. The second-order valence-corrected chi connectivity index (χ2v) is 9.16. The Morgan fingerprint density at radius 2 is 1.60 bits per heavy atom. The lowest BCUT2D eigenvalue weighted by molar-refractivity contribution is -0.225.